The number of ether oxygens (including phenoxy) is 1. The second kappa shape index (κ2) is 6.52. The first kappa shape index (κ1) is 15.1. The maximum Gasteiger partial charge on any atom is 0.339 e. The third-order valence-corrected chi connectivity index (χ3v) is 3.99. The Labute approximate surface area is 134 Å². The van der Waals surface area contributed by atoms with Gasteiger partial charge >= 0.3 is 12.0 Å². The van der Waals surface area contributed by atoms with Crippen molar-refractivity contribution >= 4 is 17.7 Å². The van der Waals surface area contributed by atoms with E-state index in [4.69, 9.17) is 4.74 Å². The van der Waals surface area contributed by atoms with Gasteiger partial charge in [-0.05, 0) is 29.7 Å². The van der Waals surface area contributed by atoms with Crippen LogP contribution in [0.2, 0.25) is 0 Å². The van der Waals surface area contributed by atoms with Gasteiger partial charge in [-0.1, -0.05) is 36.4 Å². The summed E-state index contributed by atoms with van der Waals surface area (Å²) in [6.07, 6.45) is 0.836. The largest absolute Gasteiger partial charge is 0.465 e. The lowest BCUT2D eigenvalue weighted by atomic mass is 10.0. The molecule has 3 rings (SSSR count). The first-order valence-electron chi connectivity index (χ1n) is 7.49. The topological polar surface area (TPSA) is 58.6 Å². The molecule has 0 aliphatic carbocycles. The van der Waals surface area contributed by atoms with Gasteiger partial charge in [0.1, 0.15) is 0 Å². The van der Waals surface area contributed by atoms with Gasteiger partial charge in [-0.25, -0.2) is 9.59 Å². The van der Waals surface area contributed by atoms with Crippen molar-refractivity contribution < 1.29 is 14.3 Å². The first-order valence-corrected chi connectivity index (χ1v) is 7.49. The van der Waals surface area contributed by atoms with Crippen LogP contribution in [0, 0.1) is 0 Å². The molecule has 118 valence electrons. The number of nitrogens with one attached hydrogen (secondary N) is 1. The van der Waals surface area contributed by atoms with Crippen LogP contribution in [-0.2, 0) is 17.7 Å². The van der Waals surface area contributed by atoms with E-state index in [0.717, 1.165) is 12.0 Å². The van der Waals surface area contributed by atoms with Gasteiger partial charge in [-0.15, -0.1) is 0 Å². The lowest BCUT2D eigenvalue weighted by Gasteiger charge is -2.29. The number of nitrogens with zero attached hydrogens (tertiary/aromatic N) is 1. The number of fused-ring (bicyclic) bond motifs is 1. The lowest BCUT2D eigenvalue weighted by Crippen LogP contribution is -2.39. The van der Waals surface area contributed by atoms with E-state index in [1.54, 1.807) is 29.2 Å². The third kappa shape index (κ3) is 3.18. The summed E-state index contributed by atoms with van der Waals surface area (Å²) >= 11 is 0. The minimum Gasteiger partial charge on any atom is -0.465 e. The van der Waals surface area contributed by atoms with Crippen LogP contribution in [0.5, 0.6) is 0 Å². The predicted octanol–water partition coefficient (Wildman–Crippen LogP) is 3.06. The molecule has 2 aromatic rings. The molecule has 1 N–H and O–H groups in total. The monoisotopic (exact) mass is 310 g/mol. The highest BCUT2D eigenvalue weighted by Crippen LogP contribution is 2.21. The molecule has 0 saturated carbocycles. The van der Waals surface area contributed by atoms with Crippen LogP contribution in [0.3, 0.4) is 0 Å². The predicted molar refractivity (Wildman–Crippen MR) is 87.4 cm³/mol. The highest BCUT2D eigenvalue weighted by Gasteiger charge is 2.21. The summed E-state index contributed by atoms with van der Waals surface area (Å²) in [6.45, 7) is 1.23. The van der Waals surface area contributed by atoms with Crippen LogP contribution in [0.1, 0.15) is 21.5 Å². The molecule has 2 aromatic carbocycles. The number of hydrogen-bond acceptors (Lipinski definition) is 3. The SMILES string of the molecule is COC(=O)c1ccccc1NC(=O)N1CCc2ccccc2C1. The summed E-state index contributed by atoms with van der Waals surface area (Å²) in [5, 5.41) is 2.81. The molecule has 0 radical (unpaired) electrons. The van der Waals surface area contributed by atoms with Crippen LogP contribution in [-0.4, -0.2) is 30.6 Å². The molecular weight excluding hydrogens is 292 g/mol. The Morgan fingerprint density at radius 1 is 1.04 bits per heavy atom. The molecule has 2 amide bonds. The summed E-state index contributed by atoms with van der Waals surface area (Å²) < 4.78 is 4.75. The maximum atomic E-state index is 12.5. The third-order valence-electron chi connectivity index (χ3n) is 3.99. The highest BCUT2D eigenvalue weighted by atomic mass is 16.5. The molecule has 23 heavy (non-hydrogen) atoms. The van der Waals surface area contributed by atoms with Crippen molar-refractivity contribution in [1.29, 1.82) is 0 Å². The average molecular weight is 310 g/mol. The molecule has 0 unspecified atom stereocenters. The van der Waals surface area contributed by atoms with E-state index in [2.05, 4.69) is 11.4 Å². The molecule has 0 fully saturated rings. The number of carbonyl (C=O) groups is 2. The fourth-order valence-corrected chi connectivity index (χ4v) is 2.74. The van der Waals surface area contributed by atoms with Gasteiger partial charge < -0.3 is 15.0 Å². The van der Waals surface area contributed by atoms with E-state index in [0.29, 0.717) is 24.3 Å². The molecular formula is C18H18N2O3. The molecule has 5 nitrogen and oxygen atoms in total. The van der Waals surface area contributed by atoms with E-state index in [9.17, 15) is 9.59 Å². The van der Waals surface area contributed by atoms with E-state index >= 15 is 0 Å². The zero-order valence-corrected chi connectivity index (χ0v) is 12.9. The smallest absolute Gasteiger partial charge is 0.339 e. The van der Waals surface area contributed by atoms with Crippen molar-refractivity contribution in [1.82, 2.24) is 4.90 Å². The fourth-order valence-electron chi connectivity index (χ4n) is 2.74. The zero-order chi connectivity index (χ0) is 16.2. The van der Waals surface area contributed by atoms with Crippen molar-refractivity contribution in [3.05, 3.63) is 65.2 Å². The summed E-state index contributed by atoms with van der Waals surface area (Å²) in [6, 6.07) is 14.8. The Balaban J connectivity index is 1.75. The maximum absolute atomic E-state index is 12.5. The number of urea groups is 1. The van der Waals surface area contributed by atoms with Gasteiger partial charge in [0, 0.05) is 13.1 Å². The number of carbonyl (C=O) groups excluding carboxylic acids is 2. The second-order valence-corrected chi connectivity index (χ2v) is 5.41. The number of rotatable bonds is 2. The lowest BCUT2D eigenvalue weighted by molar-refractivity contribution is 0.0602. The van der Waals surface area contributed by atoms with Gasteiger partial charge in [0.2, 0.25) is 0 Å². The number of methoxy groups -OCH3 is 1. The Kier molecular flexibility index (Phi) is 4.28. The standard InChI is InChI=1S/C18H18N2O3/c1-23-17(21)15-8-4-5-9-16(15)19-18(22)20-11-10-13-6-2-3-7-14(13)12-20/h2-9H,10-12H2,1H3,(H,19,22). The molecule has 1 aliphatic heterocycles. The minimum atomic E-state index is -0.468. The van der Waals surface area contributed by atoms with E-state index in [-0.39, 0.29) is 6.03 Å². The van der Waals surface area contributed by atoms with Crippen LogP contribution in [0.15, 0.2) is 48.5 Å². The molecule has 0 atom stereocenters. The fraction of sp³-hybridized carbons (Fsp3) is 0.222. The number of esters is 1. The van der Waals surface area contributed by atoms with Gasteiger partial charge in [-0.2, -0.15) is 0 Å². The highest BCUT2D eigenvalue weighted by molar-refractivity contribution is 6.00. The number of hydrogen-bond donors (Lipinski definition) is 1. The summed E-state index contributed by atoms with van der Waals surface area (Å²) in [5.74, 6) is -0.468. The summed E-state index contributed by atoms with van der Waals surface area (Å²) in [7, 11) is 1.32. The quantitative estimate of drug-likeness (QED) is 0.867. The van der Waals surface area contributed by atoms with E-state index < -0.39 is 5.97 Å². The normalized spacial score (nSPS) is 13.2. The number of benzene rings is 2. The van der Waals surface area contributed by atoms with Gasteiger partial charge in [0.05, 0.1) is 18.4 Å². The molecule has 1 heterocycles. The minimum absolute atomic E-state index is 0.212. The van der Waals surface area contributed by atoms with Crippen molar-refractivity contribution in [2.24, 2.45) is 0 Å². The van der Waals surface area contributed by atoms with E-state index in [1.807, 2.05) is 18.2 Å². The van der Waals surface area contributed by atoms with Crippen molar-refractivity contribution in [2.75, 3.05) is 19.0 Å². The van der Waals surface area contributed by atoms with Crippen LogP contribution in [0.25, 0.3) is 0 Å². The van der Waals surface area contributed by atoms with Crippen LogP contribution in [0.4, 0.5) is 10.5 Å². The zero-order valence-electron chi connectivity index (χ0n) is 12.9. The Morgan fingerprint density at radius 2 is 1.74 bits per heavy atom. The Hall–Kier alpha value is -2.82. The first-order chi connectivity index (χ1) is 11.2. The van der Waals surface area contributed by atoms with Crippen LogP contribution < -0.4 is 5.32 Å². The molecule has 0 bridgehead atoms. The Morgan fingerprint density at radius 3 is 2.52 bits per heavy atom. The van der Waals surface area contributed by atoms with Gasteiger partial charge in [0.15, 0.2) is 0 Å². The van der Waals surface area contributed by atoms with E-state index in [1.165, 1.54) is 12.7 Å². The average Bonchev–Trinajstić information content (AvgIpc) is 2.61. The van der Waals surface area contributed by atoms with Crippen molar-refractivity contribution in [3.63, 3.8) is 0 Å². The second-order valence-electron chi connectivity index (χ2n) is 5.41. The van der Waals surface area contributed by atoms with Crippen LogP contribution >= 0.6 is 0 Å². The summed E-state index contributed by atoms with van der Waals surface area (Å²) in [5.41, 5.74) is 3.26. The number of anilines is 1. The van der Waals surface area contributed by atoms with Crippen molar-refractivity contribution in [3.8, 4) is 0 Å². The van der Waals surface area contributed by atoms with Gasteiger partial charge in [-0.3, -0.25) is 0 Å². The van der Waals surface area contributed by atoms with Gasteiger partial charge in [0.25, 0.3) is 0 Å². The molecule has 0 aromatic heterocycles. The molecule has 0 spiro atoms. The molecule has 5 heteroatoms. The summed E-state index contributed by atoms with van der Waals surface area (Å²) in [4.78, 5) is 26.0. The van der Waals surface area contributed by atoms with Crippen molar-refractivity contribution in [2.45, 2.75) is 13.0 Å². The molecule has 1 aliphatic rings. The molecule has 0 saturated heterocycles. The number of amides is 2. The Bertz CT molecular complexity index is 743. The number of para-hydroxylation sites is 1.